The molecule has 0 bridgehead atoms. The molecule has 0 spiro atoms. The predicted molar refractivity (Wildman–Crippen MR) is 100 cm³/mol. The van der Waals surface area contributed by atoms with Crippen molar-refractivity contribution in [3.8, 4) is 11.4 Å². The maximum absolute atomic E-state index is 12.4. The molecule has 1 aromatic heterocycles. The van der Waals surface area contributed by atoms with Crippen LogP contribution < -0.4 is 10.1 Å². The number of hydrogen-bond acceptors (Lipinski definition) is 3. The molecular formula is C18H16ClN3O2S. The first kappa shape index (κ1) is 17.3. The molecule has 0 radical (unpaired) electrons. The molecule has 0 atom stereocenters. The van der Waals surface area contributed by atoms with Crippen LogP contribution in [0.25, 0.3) is 5.69 Å². The van der Waals surface area contributed by atoms with Crippen LogP contribution in [-0.4, -0.2) is 28.6 Å². The van der Waals surface area contributed by atoms with Crippen LogP contribution in [0.2, 0.25) is 5.02 Å². The van der Waals surface area contributed by atoms with Crippen LogP contribution in [-0.2, 0) is 0 Å². The summed E-state index contributed by atoms with van der Waals surface area (Å²) in [5.41, 5.74) is 1.27. The van der Waals surface area contributed by atoms with Gasteiger partial charge >= 0.3 is 0 Å². The Labute approximate surface area is 155 Å². The fraction of sp³-hybridized carbons (Fsp3) is 0.111. The van der Waals surface area contributed by atoms with E-state index in [4.69, 9.17) is 28.6 Å². The molecule has 7 heteroatoms. The van der Waals surface area contributed by atoms with Gasteiger partial charge in [0.1, 0.15) is 18.1 Å². The number of nitrogens with zero attached hydrogens (tertiary/aromatic N) is 1. The second-order valence-corrected chi connectivity index (χ2v) is 6.03. The Balaban J connectivity index is 1.62. The van der Waals surface area contributed by atoms with E-state index in [-0.39, 0.29) is 5.91 Å². The van der Waals surface area contributed by atoms with Gasteiger partial charge in [-0.25, -0.2) is 0 Å². The largest absolute Gasteiger partial charge is 0.492 e. The van der Waals surface area contributed by atoms with Crippen LogP contribution in [0.15, 0.2) is 60.8 Å². The smallest absolute Gasteiger partial charge is 0.269 e. The van der Waals surface area contributed by atoms with Crippen LogP contribution in [0.5, 0.6) is 5.75 Å². The number of halogens is 1. The van der Waals surface area contributed by atoms with Crippen molar-refractivity contribution in [3.05, 3.63) is 76.3 Å². The van der Waals surface area contributed by atoms with Crippen molar-refractivity contribution in [1.82, 2.24) is 14.9 Å². The first-order chi connectivity index (χ1) is 12.1. The van der Waals surface area contributed by atoms with Crippen molar-refractivity contribution in [1.29, 1.82) is 0 Å². The number of benzene rings is 2. The Morgan fingerprint density at radius 3 is 2.76 bits per heavy atom. The number of hydrogen-bond donors (Lipinski definition) is 2. The quantitative estimate of drug-likeness (QED) is 0.507. The maximum Gasteiger partial charge on any atom is 0.269 e. The number of carbonyl (C=O) groups is 1. The zero-order chi connectivity index (χ0) is 17.6. The molecule has 0 saturated heterocycles. The van der Waals surface area contributed by atoms with Crippen molar-refractivity contribution in [2.24, 2.45) is 0 Å². The predicted octanol–water partition coefficient (Wildman–Crippen LogP) is 4.00. The molecule has 2 N–H and O–H groups in total. The zero-order valence-corrected chi connectivity index (χ0v) is 14.8. The molecule has 0 aliphatic rings. The molecule has 2 aromatic carbocycles. The average molecular weight is 374 g/mol. The van der Waals surface area contributed by atoms with Crippen molar-refractivity contribution >= 4 is 29.7 Å². The molecule has 25 heavy (non-hydrogen) atoms. The number of aromatic amines is 1. The van der Waals surface area contributed by atoms with Gasteiger partial charge in [-0.3, -0.25) is 9.36 Å². The molecule has 128 valence electrons. The van der Waals surface area contributed by atoms with E-state index < -0.39 is 0 Å². The first-order valence-corrected chi connectivity index (χ1v) is 8.46. The van der Waals surface area contributed by atoms with E-state index in [1.807, 2.05) is 42.5 Å². The van der Waals surface area contributed by atoms with Crippen LogP contribution >= 0.6 is 23.8 Å². The number of amides is 1. The van der Waals surface area contributed by atoms with Crippen molar-refractivity contribution < 1.29 is 9.53 Å². The summed E-state index contributed by atoms with van der Waals surface area (Å²) in [6.45, 7) is 0.695. The Bertz CT molecular complexity index is 921. The van der Waals surface area contributed by atoms with Gasteiger partial charge in [0.15, 0.2) is 4.77 Å². The third-order valence-electron chi connectivity index (χ3n) is 3.48. The standard InChI is InChI=1S/C18H16ClN3O2S/c19-13-5-4-8-15(11-13)24-10-9-20-17(23)16-12-21-18(25)22(16)14-6-2-1-3-7-14/h1-8,11-12H,9-10H2,(H,20,23)(H,21,25). The highest BCUT2D eigenvalue weighted by Crippen LogP contribution is 2.17. The highest BCUT2D eigenvalue weighted by atomic mass is 35.5. The maximum atomic E-state index is 12.4. The second kappa shape index (κ2) is 8.00. The number of H-pyrrole nitrogens is 1. The highest BCUT2D eigenvalue weighted by Gasteiger charge is 2.13. The van der Waals surface area contributed by atoms with Gasteiger partial charge in [-0.2, -0.15) is 0 Å². The summed E-state index contributed by atoms with van der Waals surface area (Å²) >= 11 is 11.2. The third kappa shape index (κ3) is 4.29. The summed E-state index contributed by atoms with van der Waals surface area (Å²) in [4.78, 5) is 15.4. The van der Waals surface area contributed by atoms with Gasteiger partial charge in [0.25, 0.3) is 5.91 Å². The van der Waals surface area contributed by atoms with Gasteiger partial charge in [-0.15, -0.1) is 0 Å². The molecule has 5 nitrogen and oxygen atoms in total. The van der Waals surface area contributed by atoms with Gasteiger partial charge in [-0.1, -0.05) is 35.9 Å². The second-order valence-electron chi connectivity index (χ2n) is 5.21. The molecular weight excluding hydrogens is 358 g/mol. The van der Waals surface area contributed by atoms with E-state index in [1.165, 1.54) is 0 Å². The number of carbonyl (C=O) groups excluding carboxylic acids is 1. The average Bonchev–Trinajstić information content (AvgIpc) is 3.01. The summed E-state index contributed by atoms with van der Waals surface area (Å²) in [6, 6.07) is 16.6. The monoisotopic (exact) mass is 373 g/mol. The molecule has 3 aromatic rings. The SMILES string of the molecule is O=C(NCCOc1cccc(Cl)c1)c1c[nH]c(=S)n1-c1ccccc1. The first-order valence-electron chi connectivity index (χ1n) is 7.67. The fourth-order valence-corrected chi connectivity index (χ4v) is 2.79. The van der Waals surface area contributed by atoms with Crippen LogP contribution in [0, 0.1) is 4.77 Å². The normalized spacial score (nSPS) is 10.4. The van der Waals surface area contributed by atoms with Crippen LogP contribution in [0.1, 0.15) is 10.5 Å². The number of para-hydroxylation sites is 1. The Morgan fingerprint density at radius 1 is 1.20 bits per heavy atom. The lowest BCUT2D eigenvalue weighted by Crippen LogP contribution is -2.29. The minimum Gasteiger partial charge on any atom is -0.492 e. The summed E-state index contributed by atoms with van der Waals surface area (Å²) in [6.07, 6.45) is 1.60. The fourth-order valence-electron chi connectivity index (χ4n) is 2.35. The number of rotatable bonds is 6. The van der Waals surface area contributed by atoms with E-state index in [1.54, 1.807) is 22.9 Å². The van der Waals surface area contributed by atoms with Gasteiger partial charge in [-0.05, 0) is 42.5 Å². The topological polar surface area (TPSA) is 59.0 Å². The van der Waals surface area contributed by atoms with Crippen LogP contribution in [0.3, 0.4) is 0 Å². The molecule has 3 rings (SSSR count). The third-order valence-corrected chi connectivity index (χ3v) is 4.01. The highest BCUT2D eigenvalue weighted by molar-refractivity contribution is 7.71. The minimum absolute atomic E-state index is 0.231. The number of imidazole rings is 1. The zero-order valence-electron chi connectivity index (χ0n) is 13.2. The summed E-state index contributed by atoms with van der Waals surface area (Å²) < 4.78 is 7.72. The molecule has 0 unspecified atom stereocenters. The van der Waals surface area contributed by atoms with E-state index in [9.17, 15) is 4.79 Å². The molecule has 0 aliphatic heterocycles. The summed E-state index contributed by atoms with van der Waals surface area (Å²) in [7, 11) is 0. The van der Waals surface area contributed by atoms with Gasteiger partial charge < -0.3 is 15.0 Å². The van der Waals surface area contributed by atoms with E-state index in [0.29, 0.717) is 34.4 Å². The molecule has 0 fully saturated rings. The van der Waals surface area contributed by atoms with Crippen LogP contribution in [0.4, 0.5) is 0 Å². The van der Waals surface area contributed by atoms with Crippen molar-refractivity contribution in [2.45, 2.75) is 0 Å². The van der Waals surface area contributed by atoms with E-state index in [0.717, 1.165) is 5.69 Å². The number of nitrogens with one attached hydrogen (secondary N) is 2. The molecule has 1 amide bonds. The van der Waals surface area contributed by atoms with Crippen molar-refractivity contribution in [3.63, 3.8) is 0 Å². The minimum atomic E-state index is -0.231. The molecule has 0 saturated carbocycles. The summed E-state index contributed by atoms with van der Waals surface area (Å²) in [5.74, 6) is 0.432. The number of aromatic nitrogens is 2. The van der Waals surface area contributed by atoms with Crippen molar-refractivity contribution in [2.75, 3.05) is 13.2 Å². The lowest BCUT2D eigenvalue weighted by molar-refractivity contribution is 0.0940. The van der Waals surface area contributed by atoms with Gasteiger partial charge in [0, 0.05) is 16.9 Å². The van der Waals surface area contributed by atoms with Gasteiger partial charge in [0.05, 0.1) is 6.54 Å². The Kier molecular flexibility index (Phi) is 5.53. The lowest BCUT2D eigenvalue weighted by Gasteiger charge is -2.10. The van der Waals surface area contributed by atoms with E-state index in [2.05, 4.69) is 10.3 Å². The lowest BCUT2D eigenvalue weighted by atomic mass is 10.3. The summed E-state index contributed by atoms with van der Waals surface area (Å²) in [5, 5.41) is 3.43. The molecule has 1 heterocycles. The van der Waals surface area contributed by atoms with Gasteiger partial charge in [0.2, 0.25) is 0 Å². The molecule has 0 aliphatic carbocycles. The Morgan fingerprint density at radius 2 is 2.00 bits per heavy atom. The number of ether oxygens (including phenoxy) is 1. The van der Waals surface area contributed by atoms with E-state index >= 15 is 0 Å². The Hall–Kier alpha value is -2.57.